The van der Waals surface area contributed by atoms with Crippen molar-refractivity contribution in [1.29, 1.82) is 0 Å². The molecule has 3 rings (SSSR count). The van der Waals surface area contributed by atoms with Gasteiger partial charge >= 0.3 is 0 Å². The molecule has 2 atom stereocenters. The summed E-state index contributed by atoms with van der Waals surface area (Å²) in [4.78, 5) is 11.3. The third kappa shape index (κ3) is 2.48. The second-order valence-electron chi connectivity index (χ2n) is 4.85. The van der Waals surface area contributed by atoms with Gasteiger partial charge in [0.1, 0.15) is 5.75 Å². The van der Waals surface area contributed by atoms with Crippen molar-refractivity contribution in [3.63, 3.8) is 0 Å². The molecule has 0 aliphatic carbocycles. The van der Waals surface area contributed by atoms with Gasteiger partial charge in [-0.05, 0) is 31.5 Å². The van der Waals surface area contributed by atoms with Gasteiger partial charge in [0.2, 0.25) is 0 Å². The molecule has 1 amide bonds. The number of hydrogen-bond donors (Lipinski definition) is 3. The monoisotopic (exact) mass is 326 g/mol. The van der Waals surface area contributed by atoms with Crippen molar-refractivity contribution in [2.45, 2.75) is 25.0 Å². The number of fused-ring (bicyclic) bond motifs is 1. The van der Waals surface area contributed by atoms with Crippen molar-refractivity contribution in [2.75, 3.05) is 18.5 Å². The number of carbonyl (C=O) groups is 1. The molecule has 6 heteroatoms. The molecule has 19 heavy (non-hydrogen) atoms. The summed E-state index contributed by atoms with van der Waals surface area (Å²) in [5.41, 5.74) is 1.42. The number of nitrogens with one attached hydrogen (secondary N) is 2. The SMILES string of the molecule is O=C1COc2cc(C(O)C3CCCN3)c(Br)cc2N1. The Morgan fingerprint density at radius 1 is 1.47 bits per heavy atom. The molecule has 2 heterocycles. The van der Waals surface area contributed by atoms with Crippen molar-refractivity contribution in [3.05, 3.63) is 22.2 Å². The van der Waals surface area contributed by atoms with Crippen LogP contribution in [0.2, 0.25) is 0 Å². The van der Waals surface area contributed by atoms with Gasteiger partial charge in [0, 0.05) is 16.1 Å². The number of amides is 1. The highest BCUT2D eigenvalue weighted by Crippen LogP contribution is 2.38. The largest absolute Gasteiger partial charge is 0.482 e. The quantitative estimate of drug-likeness (QED) is 0.771. The molecule has 0 aromatic heterocycles. The summed E-state index contributed by atoms with van der Waals surface area (Å²) in [6.07, 6.45) is 1.46. The molecule has 0 bridgehead atoms. The molecule has 2 unspecified atom stereocenters. The predicted molar refractivity (Wildman–Crippen MR) is 74.3 cm³/mol. The van der Waals surface area contributed by atoms with Gasteiger partial charge in [-0.25, -0.2) is 0 Å². The van der Waals surface area contributed by atoms with E-state index in [0.29, 0.717) is 11.4 Å². The Hall–Kier alpha value is -1.11. The molecule has 1 fully saturated rings. The lowest BCUT2D eigenvalue weighted by atomic mass is 10.00. The zero-order valence-electron chi connectivity index (χ0n) is 10.3. The van der Waals surface area contributed by atoms with Gasteiger partial charge in [0.15, 0.2) is 6.61 Å². The summed E-state index contributed by atoms with van der Waals surface area (Å²) in [5, 5.41) is 16.5. The van der Waals surface area contributed by atoms with E-state index < -0.39 is 6.10 Å². The normalized spacial score (nSPS) is 23.5. The molecule has 2 aliphatic rings. The number of aliphatic hydroxyl groups is 1. The standard InChI is InChI=1S/C13H15BrN2O3/c14-8-5-10-11(19-6-12(17)16-10)4-7(8)13(18)9-2-1-3-15-9/h4-5,9,13,15,18H,1-3,6H2,(H,16,17). The number of hydrogen-bond acceptors (Lipinski definition) is 4. The lowest BCUT2D eigenvalue weighted by Gasteiger charge is -2.24. The number of halogens is 1. The first kappa shape index (κ1) is 12.9. The fourth-order valence-electron chi connectivity index (χ4n) is 2.54. The van der Waals surface area contributed by atoms with E-state index in [1.807, 2.05) is 0 Å². The maximum Gasteiger partial charge on any atom is 0.262 e. The Balaban J connectivity index is 1.91. The van der Waals surface area contributed by atoms with E-state index in [0.717, 1.165) is 29.4 Å². The van der Waals surface area contributed by atoms with Crippen molar-refractivity contribution >= 4 is 27.5 Å². The minimum Gasteiger partial charge on any atom is -0.482 e. The molecular formula is C13H15BrN2O3. The summed E-state index contributed by atoms with van der Waals surface area (Å²) in [5.74, 6) is 0.444. The summed E-state index contributed by atoms with van der Waals surface area (Å²) in [6, 6.07) is 3.65. The van der Waals surface area contributed by atoms with Crippen LogP contribution in [0.15, 0.2) is 16.6 Å². The van der Waals surface area contributed by atoms with E-state index in [2.05, 4.69) is 26.6 Å². The number of benzene rings is 1. The maximum atomic E-state index is 11.3. The van der Waals surface area contributed by atoms with Crippen LogP contribution in [-0.4, -0.2) is 30.2 Å². The van der Waals surface area contributed by atoms with Crippen LogP contribution in [0.5, 0.6) is 5.75 Å². The first-order chi connectivity index (χ1) is 9.15. The van der Waals surface area contributed by atoms with Gasteiger partial charge in [-0.2, -0.15) is 0 Å². The Morgan fingerprint density at radius 3 is 3.05 bits per heavy atom. The third-order valence-electron chi connectivity index (χ3n) is 3.53. The number of carbonyl (C=O) groups excluding carboxylic acids is 1. The number of rotatable bonds is 2. The minimum absolute atomic E-state index is 0.0197. The van der Waals surface area contributed by atoms with Gasteiger partial charge in [-0.15, -0.1) is 0 Å². The van der Waals surface area contributed by atoms with Crippen LogP contribution in [0.1, 0.15) is 24.5 Å². The van der Waals surface area contributed by atoms with Crippen LogP contribution in [0, 0.1) is 0 Å². The zero-order valence-corrected chi connectivity index (χ0v) is 11.9. The number of ether oxygens (including phenoxy) is 1. The van der Waals surface area contributed by atoms with Gasteiger partial charge in [0.25, 0.3) is 5.91 Å². The molecule has 0 spiro atoms. The number of aliphatic hydroxyl groups excluding tert-OH is 1. The van der Waals surface area contributed by atoms with Crippen LogP contribution in [0.4, 0.5) is 5.69 Å². The maximum absolute atomic E-state index is 11.3. The topological polar surface area (TPSA) is 70.6 Å². The fraction of sp³-hybridized carbons (Fsp3) is 0.462. The van der Waals surface area contributed by atoms with E-state index >= 15 is 0 Å². The smallest absolute Gasteiger partial charge is 0.262 e. The van der Waals surface area contributed by atoms with Gasteiger partial charge in [0.05, 0.1) is 11.8 Å². The molecule has 1 saturated heterocycles. The summed E-state index contributed by atoms with van der Waals surface area (Å²) < 4.78 is 6.16. The van der Waals surface area contributed by atoms with Crippen molar-refractivity contribution in [1.82, 2.24) is 5.32 Å². The highest BCUT2D eigenvalue weighted by Gasteiger charge is 2.27. The number of anilines is 1. The highest BCUT2D eigenvalue weighted by atomic mass is 79.9. The average molecular weight is 327 g/mol. The lowest BCUT2D eigenvalue weighted by Crippen LogP contribution is -2.29. The minimum atomic E-state index is -0.580. The Bertz CT molecular complexity index is 515. The van der Waals surface area contributed by atoms with Crippen LogP contribution >= 0.6 is 15.9 Å². The van der Waals surface area contributed by atoms with Crippen LogP contribution in [-0.2, 0) is 4.79 Å². The van der Waals surface area contributed by atoms with E-state index in [4.69, 9.17) is 4.74 Å². The Labute approximate surface area is 119 Å². The highest BCUT2D eigenvalue weighted by molar-refractivity contribution is 9.10. The van der Waals surface area contributed by atoms with E-state index in [1.54, 1.807) is 12.1 Å². The molecule has 1 aromatic carbocycles. The Morgan fingerprint density at radius 2 is 2.32 bits per heavy atom. The van der Waals surface area contributed by atoms with Gasteiger partial charge in [-0.1, -0.05) is 15.9 Å². The Kier molecular flexibility index (Phi) is 3.47. The lowest BCUT2D eigenvalue weighted by molar-refractivity contribution is -0.118. The molecule has 1 aromatic rings. The first-order valence-electron chi connectivity index (χ1n) is 6.32. The predicted octanol–water partition coefficient (Wildman–Crippen LogP) is 1.57. The molecule has 0 saturated carbocycles. The van der Waals surface area contributed by atoms with Crippen LogP contribution < -0.4 is 15.4 Å². The zero-order chi connectivity index (χ0) is 13.4. The molecule has 102 valence electrons. The molecular weight excluding hydrogens is 312 g/mol. The van der Waals surface area contributed by atoms with Crippen molar-refractivity contribution < 1.29 is 14.6 Å². The summed E-state index contributed by atoms with van der Waals surface area (Å²) in [7, 11) is 0. The fourth-order valence-corrected chi connectivity index (χ4v) is 3.12. The summed E-state index contributed by atoms with van der Waals surface area (Å²) in [6.45, 7) is 0.961. The van der Waals surface area contributed by atoms with E-state index in [-0.39, 0.29) is 18.6 Å². The average Bonchev–Trinajstić information content (AvgIpc) is 2.91. The van der Waals surface area contributed by atoms with Crippen molar-refractivity contribution in [2.24, 2.45) is 0 Å². The second-order valence-corrected chi connectivity index (χ2v) is 5.71. The summed E-state index contributed by atoms with van der Waals surface area (Å²) >= 11 is 3.45. The molecule has 2 aliphatic heterocycles. The van der Waals surface area contributed by atoms with Crippen molar-refractivity contribution in [3.8, 4) is 5.75 Å². The van der Waals surface area contributed by atoms with Gasteiger partial charge < -0.3 is 20.5 Å². The second kappa shape index (κ2) is 5.11. The van der Waals surface area contributed by atoms with Crippen LogP contribution in [0.3, 0.4) is 0 Å². The molecule has 5 nitrogen and oxygen atoms in total. The van der Waals surface area contributed by atoms with Crippen LogP contribution in [0.25, 0.3) is 0 Å². The third-order valence-corrected chi connectivity index (χ3v) is 4.22. The van der Waals surface area contributed by atoms with Gasteiger partial charge in [-0.3, -0.25) is 4.79 Å². The van der Waals surface area contributed by atoms with E-state index in [9.17, 15) is 9.90 Å². The molecule has 3 N–H and O–H groups in total. The molecule has 0 radical (unpaired) electrons. The first-order valence-corrected chi connectivity index (χ1v) is 7.12. The van der Waals surface area contributed by atoms with E-state index in [1.165, 1.54) is 0 Å².